The Morgan fingerprint density at radius 2 is 1.79 bits per heavy atom. The van der Waals surface area contributed by atoms with Crippen molar-refractivity contribution in [1.82, 2.24) is 20.2 Å². The molecule has 0 spiro atoms. The van der Waals surface area contributed by atoms with E-state index in [-0.39, 0.29) is 34.2 Å². The van der Waals surface area contributed by atoms with Gasteiger partial charge in [-0.1, -0.05) is 0 Å². The molecular formula is C17H17N7O8S. The highest BCUT2D eigenvalue weighted by Gasteiger charge is 2.30. The molecule has 0 unspecified atom stereocenters. The van der Waals surface area contributed by atoms with Gasteiger partial charge in [0.05, 0.1) is 31.1 Å². The van der Waals surface area contributed by atoms with Gasteiger partial charge in [-0.2, -0.15) is 9.97 Å². The molecule has 3 rings (SSSR count). The van der Waals surface area contributed by atoms with Crippen LogP contribution in [0.4, 0.5) is 17.2 Å². The van der Waals surface area contributed by atoms with Crippen molar-refractivity contribution < 1.29 is 32.3 Å². The molecule has 0 saturated heterocycles. The summed E-state index contributed by atoms with van der Waals surface area (Å²) in [6.45, 7) is 0. The number of aromatic amines is 1. The van der Waals surface area contributed by atoms with E-state index in [0.717, 1.165) is 0 Å². The zero-order valence-electron chi connectivity index (χ0n) is 17.3. The number of rotatable bonds is 9. The molecule has 3 aromatic rings. The highest BCUT2D eigenvalue weighted by Crippen LogP contribution is 2.28. The molecule has 15 nitrogen and oxygen atoms in total. The second-order valence-electron chi connectivity index (χ2n) is 6.08. The Bertz CT molecular complexity index is 1270. The van der Waals surface area contributed by atoms with Gasteiger partial charge in [0.25, 0.3) is 15.9 Å². The first-order valence-electron chi connectivity index (χ1n) is 8.86. The lowest BCUT2D eigenvalue weighted by molar-refractivity contribution is -0.386. The average molecular weight is 479 g/mol. The van der Waals surface area contributed by atoms with E-state index in [1.165, 1.54) is 51.7 Å². The van der Waals surface area contributed by atoms with Crippen LogP contribution in [0.1, 0.15) is 10.5 Å². The van der Waals surface area contributed by atoms with Gasteiger partial charge in [0.2, 0.25) is 11.6 Å². The minimum absolute atomic E-state index is 0.0853. The SMILES string of the molecule is COc1cc(NS(=O)(=O)c2ccc(NC(=O)c3[nH]nc(OC)c3[N+](=O)[O-])cc2)nc(OC)n1. The number of nitrogens with one attached hydrogen (secondary N) is 3. The fourth-order valence-electron chi connectivity index (χ4n) is 2.55. The number of hydrogen-bond acceptors (Lipinski definition) is 11. The molecule has 1 aromatic carbocycles. The van der Waals surface area contributed by atoms with Crippen LogP contribution in [0.5, 0.6) is 17.8 Å². The van der Waals surface area contributed by atoms with E-state index in [1.54, 1.807) is 0 Å². The Balaban J connectivity index is 1.78. The normalized spacial score (nSPS) is 10.9. The van der Waals surface area contributed by atoms with E-state index in [2.05, 4.69) is 30.2 Å². The van der Waals surface area contributed by atoms with E-state index in [9.17, 15) is 23.3 Å². The maximum absolute atomic E-state index is 12.7. The van der Waals surface area contributed by atoms with Gasteiger partial charge in [-0.3, -0.25) is 24.7 Å². The van der Waals surface area contributed by atoms with Gasteiger partial charge in [-0.15, -0.1) is 5.10 Å². The van der Waals surface area contributed by atoms with E-state index in [4.69, 9.17) is 14.2 Å². The Labute approximate surface area is 186 Å². The first-order chi connectivity index (χ1) is 15.7. The molecule has 1 amide bonds. The molecule has 0 saturated carbocycles. The van der Waals surface area contributed by atoms with Crippen LogP contribution in [0.2, 0.25) is 0 Å². The number of carbonyl (C=O) groups is 1. The van der Waals surface area contributed by atoms with Gasteiger partial charge in [-0.05, 0) is 24.3 Å². The number of sulfonamides is 1. The Hall–Kier alpha value is -4.47. The third-order valence-corrected chi connectivity index (χ3v) is 5.42. The summed E-state index contributed by atoms with van der Waals surface area (Å²) in [6, 6.07) is 6.19. The number of anilines is 2. The lowest BCUT2D eigenvalue weighted by Crippen LogP contribution is -2.16. The molecule has 0 bridgehead atoms. The molecule has 174 valence electrons. The van der Waals surface area contributed by atoms with Gasteiger partial charge >= 0.3 is 17.6 Å². The largest absolute Gasteiger partial charge is 0.481 e. The number of ether oxygens (including phenoxy) is 3. The lowest BCUT2D eigenvalue weighted by Gasteiger charge is -2.10. The van der Waals surface area contributed by atoms with Crippen molar-refractivity contribution in [2.45, 2.75) is 4.90 Å². The van der Waals surface area contributed by atoms with Gasteiger partial charge in [0.1, 0.15) is 0 Å². The number of benzene rings is 1. The zero-order valence-corrected chi connectivity index (χ0v) is 18.2. The van der Waals surface area contributed by atoms with Gasteiger partial charge in [-0.25, -0.2) is 8.42 Å². The second kappa shape index (κ2) is 9.35. The first-order valence-corrected chi connectivity index (χ1v) is 10.3. The van der Waals surface area contributed by atoms with Crippen LogP contribution in [0.25, 0.3) is 0 Å². The standard InChI is InChI=1S/C17H17N7O8S/c1-30-12-8-11(19-17(20-12)32-3)23-33(28,29)10-6-4-9(5-7-10)18-15(25)13-14(24(26)27)16(31-2)22-21-13/h4-8H,1-3H3,(H,18,25)(H,21,22)(H,19,20,23). The zero-order chi connectivity index (χ0) is 24.2. The molecule has 0 aliphatic heterocycles. The number of methoxy groups -OCH3 is 3. The van der Waals surface area contributed by atoms with Crippen molar-refractivity contribution in [2.24, 2.45) is 0 Å². The number of hydrogen-bond donors (Lipinski definition) is 3. The second-order valence-corrected chi connectivity index (χ2v) is 7.76. The highest BCUT2D eigenvalue weighted by molar-refractivity contribution is 7.92. The van der Waals surface area contributed by atoms with Crippen molar-refractivity contribution in [2.75, 3.05) is 31.4 Å². The number of aromatic nitrogens is 4. The van der Waals surface area contributed by atoms with Crippen LogP contribution in [-0.2, 0) is 10.0 Å². The maximum Gasteiger partial charge on any atom is 0.362 e. The summed E-state index contributed by atoms with van der Waals surface area (Å²) in [5.41, 5.74) is -0.886. The van der Waals surface area contributed by atoms with Crippen molar-refractivity contribution in [1.29, 1.82) is 0 Å². The molecule has 2 heterocycles. The molecule has 33 heavy (non-hydrogen) atoms. The maximum atomic E-state index is 12.7. The summed E-state index contributed by atoms with van der Waals surface area (Å²) >= 11 is 0. The van der Waals surface area contributed by atoms with Crippen LogP contribution in [0, 0.1) is 10.1 Å². The third kappa shape index (κ3) is 5.06. The predicted octanol–water partition coefficient (Wildman–Crippen LogP) is 1.19. The fraction of sp³-hybridized carbons (Fsp3) is 0.176. The van der Waals surface area contributed by atoms with E-state index >= 15 is 0 Å². The topological polar surface area (TPSA) is 201 Å². The molecule has 0 radical (unpaired) electrons. The van der Waals surface area contributed by atoms with E-state index in [0.29, 0.717) is 0 Å². The molecule has 2 aromatic heterocycles. The predicted molar refractivity (Wildman–Crippen MR) is 112 cm³/mol. The summed E-state index contributed by atoms with van der Waals surface area (Å²) in [7, 11) is -0.231. The summed E-state index contributed by atoms with van der Waals surface area (Å²) in [5.74, 6) is -1.22. The molecule has 0 atom stereocenters. The van der Waals surface area contributed by atoms with Crippen LogP contribution in [0.15, 0.2) is 35.2 Å². The van der Waals surface area contributed by atoms with Crippen molar-refractivity contribution in [3.63, 3.8) is 0 Å². The van der Waals surface area contributed by atoms with Crippen LogP contribution >= 0.6 is 0 Å². The van der Waals surface area contributed by atoms with Crippen molar-refractivity contribution >= 4 is 33.1 Å². The summed E-state index contributed by atoms with van der Waals surface area (Å²) in [5, 5.41) is 19.4. The van der Waals surface area contributed by atoms with E-state index < -0.39 is 32.2 Å². The van der Waals surface area contributed by atoms with Gasteiger partial charge in [0, 0.05) is 11.8 Å². The molecule has 0 fully saturated rings. The fourth-order valence-corrected chi connectivity index (χ4v) is 3.54. The first kappa shape index (κ1) is 23.2. The van der Waals surface area contributed by atoms with Gasteiger partial charge < -0.3 is 19.5 Å². The number of carbonyl (C=O) groups excluding carboxylic acids is 1. The van der Waals surface area contributed by atoms with E-state index in [1.807, 2.05) is 0 Å². The molecule has 3 N–H and O–H groups in total. The number of amides is 1. The van der Waals surface area contributed by atoms with Crippen LogP contribution in [0.3, 0.4) is 0 Å². The lowest BCUT2D eigenvalue weighted by atomic mass is 10.3. The Morgan fingerprint density at radius 3 is 2.36 bits per heavy atom. The Morgan fingerprint density at radius 1 is 1.09 bits per heavy atom. The molecule has 16 heteroatoms. The average Bonchev–Trinajstić information content (AvgIpc) is 3.23. The number of nitrogens with zero attached hydrogens (tertiary/aromatic N) is 4. The molecule has 0 aliphatic rings. The van der Waals surface area contributed by atoms with Crippen LogP contribution in [-0.4, -0.2) is 60.7 Å². The number of nitro groups is 1. The molecular weight excluding hydrogens is 462 g/mol. The highest BCUT2D eigenvalue weighted by atomic mass is 32.2. The van der Waals surface area contributed by atoms with Crippen molar-refractivity contribution in [3.8, 4) is 17.8 Å². The monoisotopic (exact) mass is 479 g/mol. The summed E-state index contributed by atoms with van der Waals surface area (Å²) < 4.78 is 42.2. The Kier molecular flexibility index (Phi) is 6.57. The van der Waals surface area contributed by atoms with Gasteiger partial charge in [0.15, 0.2) is 5.82 Å². The minimum atomic E-state index is -4.06. The number of H-pyrrole nitrogens is 1. The third-order valence-electron chi connectivity index (χ3n) is 4.05. The van der Waals surface area contributed by atoms with Crippen LogP contribution < -0.4 is 24.2 Å². The smallest absolute Gasteiger partial charge is 0.362 e. The summed E-state index contributed by atoms with van der Waals surface area (Å²) in [4.78, 5) is 30.4. The summed E-state index contributed by atoms with van der Waals surface area (Å²) in [6.07, 6.45) is 0. The quantitative estimate of drug-likeness (QED) is 0.294. The van der Waals surface area contributed by atoms with Crippen molar-refractivity contribution in [3.05, 3.63) is 46.1 Å². The minimum Gasteiger partial charge on any atom is -0.481 e. The molecule has 0 aliphatic carbocycles.